The van der Waals surface area contributed by atoms with Gasteiger partial charge in [-0.05, 0) is 60.4 Å². The van der Waals surface area contributed by atoms with Gasteiger partial charge < -0.3 is 34.2 Å². The van der Waals surface area contributed by atoms with Crippen LogP contribution in [0.3, 0.4) is 0 Å². The van der Waals surface area contributed by atoms with E-state index in [1.807, 2.05) is 0 Å². The molecular weight excluding hydrogens is 538 g/mol. The zero-order valence-electron chi connectivity index (χ0n) is 22.4. The van der Waals surface area contributed by atoms with Crippen molar-refractivity contribution in [1.82, 2.24) is 15.5 Å². The van der Waals surface area contributed by atoms with Gasteiger partial charge in [0.1, 0.15) is 6.04 Å². The van der Waals surface area contributed by atoms with Gasteiger partial charge in [-0.15, -0.1) is 0 Å². The van der Waals surface area contributed by atoms with Crippen LogP contribution in [0.2, 0.25) is 5.02 Å². The van der Waals surface area contributed by atoms with Crippen LogP contribution in [0, 0.1) is 0 Å². The number of amides is 3. The van der Waals surface area contributed by atoms with Crippen molar-refractivity contribution in [2.24, 2.45) is 0 Å². The highest BCUT2D eigenvalue weighted by atomic mass is 35.5. The maximum absolute atomic E-state index is 13.8. The van der Waals surface area contributed by atoms with Crippen molar-refractivity contribution in [3.63, 3.8) is 0 Å². The highest BCUT2D eigenvalue weighted by Crippen LogP contribution is 2.33. The van der Waals surface area contributed by atoms with Crippen molar-refractivity contribution >= 4 is 29.3 Å². The van der Waals surface area contributed by atoms with E-state index >= 15 is 0 Å². The molecule has 2 aromatic carbocycles. The van der Waals surface area contributed by atoms with Crippen LogP contribution in [-0.2, 0) is 20.9 Å². The average molecular weight is 570 g/mol. The van der Waals surface area contributed by atoms with E-state index in [0.29, 0.717) is 35.2 Å². The van der Waals surface area contributed by atoms with Crippen molar-refractivity contribution in [2.75, 3.05) is 33.9 Å². The van der Waals surface area contributed by atoms with E-state index in [0.717, 1.165) is 18.4 Å². The number of nitrogens with zero attached hydrogens (tertiary/aromatic N) is 1. The van der Waals surface area contributed by atoms with Gasteiger partial charge in [0.2, 0.25) is 11.8 Å². The average Bonchev–Trinajstić information content (AvgIpc) is 3.70. The molecule has 1 fully saturated rings. The summed E-state index contributed by atoms with van der Waals surface area (Å²) in [5.41, 5.74) is 1.25. The van der Waals surface area contributed by atoms with Gasteiger partial charge in [-0.25, -0.2) is 0 Å². The van der Waals surface area contributed by atoms with E-state index in [2.05, 4.69) is 10.6 Å². The second-order valence-corrected chi connectivity index (χ2v) is 9.64. The summed E-state index contributed by atoms with van der Waals surface area (Å²) in [6.45, 7) is 0.659. The maximum Gasteiger partial charge on any atom is 0.287 e. The van der Waals surface area contributed by atoms with Gasteiger partial charge in [-0.1, -0.05) is 29.8 Å². The minimum Gasteiger partial charge on any atom is -0.493 e. The van der Waals surface area contributed by atoms with Gasteiger partial charge in [-0.2, -0.15) is 0 Å². The van der Waals surface area contributed by atoms with Gasteiger partial charge in [0.25, 0.3) is 5.91 Å². The Kier molecular flexibility index (Phi) is 10.0. The highest BCUT2D eigenvalue weighted by molar-refractivity contribution is 6.30. The predicted molar refractivity (Wildman–Crippen MR) is 147 cm³/mol. The molecule has 4 rings (SSSR count). The second kappa shape index (κ2) is 13.9. The molecule has 3 aromatic rings. The zero-order chi connectivity index (χ0) is 28.5. The topological polar surface area (TPSA) is 119 Å². The molecule has 2 N–H and O–H groups in total. The molecule has 1 aliphatic heterocycles. The number of carbonyl (C=O) groups is 3. The van der Waals surface area contributed by atoms with Gasteiger partial charge >= 0.3 is 0 Å². The Hall–Kier alpha value is -4.02. The van der Waals surface area contributed by atoms with Crippen molar-refractivity contribution < 1.29 is 33.0 Å². The molecule has 2 unspecified atom stereocenters. The lowest BCUT2D eigenvalue weighted by Gasteiger charge is -2.32. The number of benzene rings is 2. The van der Waals surface area contributed by atoms with Gasteiger partial charge in [0.15, 0.2) is 17.3 Å². The summed E-state index contributed by atoms with van der Waals surface area (Å²) in [6, 6.07) is 14.0. The van der Waals surface area contributed by atoms with Crippen molar-refractivity contribution in [3.8, 4) is 11.5 Å². The number of rotatable bonds is 12. The predicted octanol–water partition coefficient (Wildman–Crippen LogP) is 3.75. The lowest BCUT2D eigenvalue weighted by atomic mass is 10.0. The van der Waals surface area contributed by atoms with Gasteiger partial charge in [0.05, 0.1) is 33.1 Å². The molecule has 0 bridgehead atoms. The number of nitrogens with one attached hydrogen (secondary N) is 2. The molecule has 10 nitrogen and oxygen atoms in total. The minimum atomic E-state index is -1.06. The first-order valence-corrected chi connectivity index (χ1v) is 13.2. The summed E-state index contributed by atoms with van der Waals surface area (Å²) in [7, 11) is 3.01. The lowest BCUT2D eigenvalue weighted by molar-refractivity contribution is -0.141. The summed E-state index contributed by atoms with van der Waals surface area (Å²) in [6.07, 6.45) is 3.04. The Morgan fingerprint density at radius 2 is 1.82 bits per heavy atom. The first kappa shape index (κ1) is 29.0. The third kappa shape index (κ3) is 7.34. The Labute approximate surface area is 237 Å². The summed E-state index contributed by atoms with van der Waals surface area (Å²) >= 11 is 6.08. The first-order valence-electron chi connectivity index (χ1n) is 12.9. The Morgan fingerprint density at radius 1 is 1.05 bits per heavy atom. The van der Waals surface area contributed by atoms with Crippen LogP contribution >= 0.6 is 11.6 Å². The molecule has 0 saturated carbocycles. The van der Waals surface area contributed by atoms with E-state index in [-0.39, 0.29) is 25.0 Å². The van der Waals surface area contributed by atoms with Crippen molar-refractivity contribution in [3.05, 3.63) is 82.8 Å². The number of furan rings is 1. The number of hydrogen-bond donors (Lipinski definition) is 2. The van der Waals surface area contributed by atoms with Crippen molar-refractivity contribution in [2.45, 2.75) is 31.5 Å². The van der Waals surface area contributed by atoms with E-state index in [4.69, 9.17) is 30.2 Å². The Balaban J connectivity index is 1.67. The van der Waals surface area contributed by atoms with Crippen LogP contribution in [0.25, 0.3) is 0 Å². The number of methoxy groups -OCH3 is 2. The monoisotopic (exact) mass is 569 g/mol. The zero-order valence-corrected chi connectivity index (χ0v) is 23.1. The standard InChI is InChI=1S/C29H32ClN3O7/c1-37-23-12-9-20(15-25(23)38-2)27(29(36)31-16-22-5-3-13-39-22)33(18-19-7-10-21(30)11-8-19)26(34)17-32-28(35)24-6-4-14-40-24/h4,6-12,14-15,22,27H,3,5,13,16-18H2,1-2H3,(H,31,36)(H,32,35). The molecule has 2 atom stereocenters. The quantitative estimate of drug-likeness (QED) is 0.341. The smallest absolute Gasteiger partial charge is 0.287 e. The van der Waals surface area contributed by atoms with Gasteiger partial charge in [0, 0.05) is 24.7 Å². The summed E-state index contributed by atoms with van der Waals surface area (Å²) < 4.78 is 21.6. The van der Waals surface area contributed by atoms with Crippen LogP contribution in [0.1, 0.15) is 40.6 Å². The minimum absolute atomic E-state index is 0.0684. The van der Waals surface area contributed by atoms with Crippen LogP contribution in [0.5, 0.6) is 11.5 Å². The van der Waals surface area contributed by atoms with Crippen molar-refractivity contribution in [1.29, 1.82) is 0 Å². The van der Waals surface area contributed by atoms with E-state index in [1.165, 1.54) is 31.4 Å². The maximum atomic E-state index is 13.8. The van der Waals surface area contributed by atoms with Crippen LogP contribution in [0.4, 0.5) is 0 Å². The van der Waals surface area contributed by atoms with Crippen LogP contribution in [0.15, 0.2) is 65.3 Å². The fraction of sp³-hybridized carbons (Fsp3) is 0.345. The first-order chi connectivity index (χ1) is 19.4. The number of ether oxygens (including phenoxy) is 3. The molecule has 3 amide bonds. The molecule has 0 aliphatic carbocycles. The third-order valence-corrected chi connectivity index (χ3v) is 6.79. The number of carbonyl (C=O) groups excluding carboxylic acids is 3. The van der Waals surface area contributed by atoms with E-state index in [1.54, 1.807) is 48.5 Å². The summed E-state index contributed by atoms with van der Waals surface area (Å²) in [4.78, 5) is 41.5. The lowest BCUT2D eigenvalue weighted by Crippen LogP contribution is -2.48. The molecule has 1 aromatic heterocycles. The van der Waals surface area contributed by atoms with Crippen LogP contribution in [-0.4, -0.2) is 62.6 Å². The largest absolute Gasteiger partial charge is 0.493 e. The van der Waals surface area contributed by atoms with E-state index < -0.39 is 23.8 Å². The third-order valence-electron chi connectivity index (χ3n) is 6.54. The Morgan fingerprint density at radius 3 is 2.48 bits per heavy atom. The Bertz CT molecular complexity index is 1290. The van der Waals surface area contributed by atoms with E-state index in [9.17, 15) is 14.4 Å². The molecular formula is C29H32ClN3O7. The molecule has 212 valence electrons. The number of halogens is 1. The molecule has 0 spiro atoms. The molecule has 1 aliphatic rings. The van der Waals surface area contributed by atoms with Crippen LogP contribution < -0.4 is 20.1 Å². The second-order valence-electron chi connectivity index (χ2n) is 9.21. The SMILES string of the molecule is COc1ccc(C(C(=O)NCC2CCCO2)N(Cc2ccc(Cl)cc2)C(=O)CNC(=O)c2ccco2)cc1OC. The molecule has 1 saturated heterocycles. The molecule has 0 radical (unpaired) electrons. The molecule has 2 heterocycles. The summed E-state index contributed by atoms with van der Waals surface area (Å²) in [5.74, 6) is -0.476. The molecule has 11 heteroatoms. The normalized spacial score (nSPS) is 15.2. The summed E-state index contributed by atoms with van der Waals surface area (Å²) in [5, 5.41) is 6.07. The fourth-order valence-electron chi connectivity index (χ4n) is 4.47. The molecule has 40 heavy (non-hydrogen) atoms. The fourth-order valence-corrected chi connectivity index (χ4v) is 4.60. The highest BCUT2D eigenvalue weighted by Gasteiger charge is 2.33. The van der Waals surface area contributed by atoms with Gasteiger partial charge in [-0.3, -0.25) is 14.4 Å². The number of hydrogen-bond acceptors (Lipinski definition) is 7.